The van der Waals surface area contributed by atoms with Gasteiger partial charge in [-0.2, -0.15) is 0 Å². The Morgan fingerprint density at radius 1 is 1.16 bits per heavy atom. The highest BCUT2D eigenvalue weighted by Gasteiger charge is 2.25. The topological polar surface area (TPSA) is 74.5 Å². The Labute approximate surface area is 190 Å². The summed E-state index contributed by atoms with van der Waals surface area (Å²) in [5, 5.41) is 7.15. The molecule has 0 amide bonds. The number of para-hydroxylation sites is 2. The van der Waals surface area contributed by atoms with Crippen molar-refractivity contribution in [3.63, 3.8) is 0 Å². The molecule has 1 aromatic heterocycles. The minimum Gasteiger partial charge on any atom is -0.495 e. The molecule has 0 spiro atoms. The van der Waals surface area contributed by atoms with E-state index in [1.807, 2.05) is 24.3 Å². The second kappa shape index (κ2) is 11.8. The van der Waals surface area contributed by atoms with Crippen molar-refractivity contribution >= 4 is 11.6 Å². The molecule has 174 valence electrons. The summed E-state index contributed by atoms with van der Waals surface area (Å²) in [6.45, 7) is 8.01. The maximum atomic E-state index is 5.55. The zero-order valence-corrected chi connectivity index (χ0v) is 19.0. The Hall–Kier alpha value is -2.71. The molecule has 2 aromatic rings. The minimum atomic E-state index is 0.332. The molecule has 2 aliphatic heterocycles. The summed E-state index contributed by atoms with van der Waals surface area (Å²) in [5.41, 5.74) is 1.15. The normalized spacial score (nSPS) is 19.8. The van der Waals surface area contributed by atoms with Gasteiger partial charge in [-0.25, -0.2) is 0 Å². The van der Waals surface area contributed by atoms with E-state index in [0.29, 0.717) is 6.04 Å². The standard InChI is InChI=1S/C24H35N5O3/c1-30-23-7-3-2-6-22(23)29-12-9-20(19-29)27-24(25-10-8-21-5-4-16-32-21)26-11-13-28-14-17-31-18-15-28/h2-7,16,20H,8-15,17-19H2,1H3,(H2,25,26,27). The lowest BCUT2D eigenvalue weighted by atomic mass is 10.2. The van der Waals surface area contributed by atoms with Crippen molar-refractivity contribution in [2.75, 3.05) is 71.0 Å². The molecule has 0 bridgehead atoms. The van der Waals surface area contributed by atoms with E-state index in [-0.39, 0.29) is 0 Å². The van der Waals surface area contributed by atoms with Gasteiger partial charge < -0.3 is 29.4 Å². The van der Waals surface area contributed by atoms with Gasteiger partial charge in [0.25, 0.3) is 0 Å². The van der Waals surface area contributed by atoms with Crippen molar-refractivity contribution in [1.82, 2.24) is 15.5 Å². The molecule has 8 heteroatoms. The minimum absolute atomic E-state index is 0.332. The number of hydrogen-bond donors (Lipinski definition) is 2. The summed E-state index contributed by atoms with van der Waals surface area (Å²) in [4.78, 5) is 9.66. The molecule has 0 saturated carbocycles. The molecular weight excluding hydrogens is 406 g/mol. The Morgan fingerprint density at radius 3 is 2.84 bits per heavy atom. The molecule has 32 heavy (non-hydrogen) atoms. The second-order valence-corrected chi connectivity index (χ2v) is 8.19. The number of morpholine rings is 1. The molecule has 4 rings (SSSR count). The predicted molar refractivity (Wildman–Crippen MR) is 127 cm³/mol. The van der Waals surface area contributed by atoms with Crippen molar-refractivity contribution in [2.45, 2.75) is 18.9 Å². The highest BCUT2D eigenvalue weighted by molar-refractivity contribution is 5.80. The van der Waals surface area contributed by atoms with Crippen LogP contribution < -0.4 is 20.3 Å². The van der Waals surface area contributed by atoms with E-state index in [2.05, 4.69) is 32.6 Å². The van der Waals surface area contributed by atoms with Crippen molar-refractivity contribution in [1.29, 1.82) is 0 Å². The van der Waals surface area contributed by atoms with E-state index in [4.69, 9.17) is 18.9 Å². The number of guanidine groups is 1. The van der Waals surface area contributed by atoms with Crippen LogP contribution in [-0.4, -0.2) is 83.0 Å². The van der Waals surface area contributed by atoms with Crippen molar-refractivity contribution in [3.05, 3.63) is 48.4 Å². The van der Waals surface area contributed by atoms with Crippen molar-refractivity contribution in [2.24, 2.45) is 4.99 Å². The summed E-state index contributed by atoms with van der Waals surface area (Å²) < 4.78 is 16.5. The van der Waals surface area contributed by atoms with Crippen LogP contribution in [0.1, 0.15) is 12.2 Å². The molecule has 1 aromatic carbocycles. The first-order valence-corrected chi connectivity index (χ1v) is 11.6. The number of ether oxygens (including phenoxy) is 2. The number of hydrogen-bond acceptors (Lipinski definition) is 6. The lowest BCUT2D eigenvalue weighted by molar-refractivity contribution is 0.0394. The van der Waals surface area contributed by atoms with E-state index in [0.717, 1.165) is 95.0 Å². The van der Waals surface area contributed by atoms with Crippen LogP contribution in [-0.2, 0) is 11.2 Å². The van der Waals surface area contributed by atoms with Gasteiger partial charge in [-0.1, -0.05) is 12.1 Å². The van der Waals surface area contributed by atoms with Gasteiger partial charge in [-0.15, -0.1) is 0 Å². The van der Waals surface area contributed by atoms with E-state index >= 15 is 0 Å². The largest absolute Gasteiger partial charge is 0.495 e. The van der Waals surface area contributed by atoms with E-state index < -0.39 is 0 Å². The smallest absolute Gasteiger partial charge is 0.191 e. The molecule has 2 N–H and O–H groups in total. The number of furan rings is 1. The fourth-order valence-corrected chi connectivity index (χ4v) is 4.22. The van der Waals surface area contributed by atoms with Gasteiger partial charge in [-0.3, -0.25) is 9.89 Å². The van der Waals surface area contributed by atoms with Crippen molar-refractivity contribution < 1.29 is 13.9 Å². The summed E-state index contributed by atoms with van der Waals surface area (Å²) in [6.07, 6.45) is 3.60. The summed E-state index contributed by atoms with van der Waals surface area (Å²) >= 11 is 0. The fourth-order valence-electron chi connectivity index (χ4n) is 4.22. The number of methoxy groups -OCH3 is 1. The lowest BCUT2D eigenvalue weighted by Crippen LogP contribution is -2.46. The van der Waals surface area contributed by atoms with E-state index in [1.54, 1.807) is 13.4 Å². The maximum absolute atomic E-state index is 5.55. The average molecular weight is 442 g/mol. The molecule has 0 radical (unpaired) electrons. The molecule has 1 unspecified atom stereocenters. The fraction of sp³-hybridized carbons (Fsp3) is 0.542. The summed E-state index contributed by atoms with van der Waals surface area (Å²) in [5.74, 6) is 2.77. The predicted octanol–water partition coefficient (Wildman–Crippen LogP) is 1.98. The van der Waals surface area contributed by atoms with Gasteiger partial charge in [0.15, 0.2) is 5.96 Å². The number of aliphatic imine (C=N–C) groups is 1. The zero-order chi connectivity index (χ0) is 22.0. The number of benzene rings is 1. The van der Waals surface area contributed by atoms with Crippen LogP contribution in [0.4, 0.5) is 5.69 Å². The third kappa shape index (κ3) is 6.40. The highest BCUT2D eigenvalue weighted by Crippen LogP contribution is 2.30. The monoisotopic (exact) mass is 441 g/mol. The first-order valence-electron chi connectivity index (χ1n) is 11.6. The molecule has 8 nitrogen and oxygen atoms in total. The molecule has 2 aliphatic rings. The van der Waals surface area contributed by atoms with Crippen LogP contribution >= 0.6 is 0 Å². The van der Waals surface area contributed by atoms with Gasteiger partial charge in [0.2, 0.25) is 0 Å². The molecule has 2 saturated heterocycles. The lowest BCUT2D eigenvalue weighted by Gasteiger charge is -2.26. The first-order chi connectivity index (χ1) is 15.8. The molecule has 0 aliphatic carbocycles. The number of rotatable bonds is 9. The zero-order valence-electron chi connectivity index (χ0n) is 19.0. The summed E-state index contributed by atoms with van der Waals surface area (Å²) in [7, 11) is 1.73. The molecule has 2 fully saturated rings. The molecule has 1 atom stereocenters. The SMILES string of the molecule is COc1ccccc1N1CCC(NC(=NCCN2CCOCC2)NCCc2ccco2)C1. The third-order valence-corrected chi connectivity index (χ3v) is 5.99. The first kappa shape index (κ1) is 22.5. The number of nitrogens with one attached hydrogen (secondary N) is 2. The molecular formula is C24H35N5O3. The Kier molecular flexibility index (Phi) is 8.28. The van der Waals surface area contributed by atoms with Crippen LogP contribution in [0, 0.1) is 0 Å². The van der Waals surface area contributed by atoms with Gasteiger partial charge in [0.05, 0.1) is 38.8 Å². The molecule has 3 heterocycles. The van der Waals surface area contributed by atoms with E-state index in [9.17, 15) is 0 Å². The quantitative estimate of drug-likeness (QED) is 0.455. The highest BCUT2D eigenvalue weighted by atomic mass is 16.5. The number of anilines is 1. The van der Waals surface area contributed by atoms with Gasteiger partial charge in [0, 0.05) is 51.7 Å². The Bertz CT molecular complexity index is 836. The second-order valence-electron chi connectivity index (χ2n) is 8.19. The van der Waals surface area contributed by atoms with Crippen molar-refractivity contribution in [3.8, 4) is 5.75 Å². The van der Waals surface area contributed by atoms with Crippen LogP contribution in [0.5, 0.6) is 5.75 Å². The van der Waals surface area contributed by atoms with E-state index in [1.165, 1.54) is 0 Å². The Balaban J connectivity index is 1.32. The van der Waals surface area contributed by atoms with Gasteiger partial charge >= 0.3 is 0 Å². The van der Waals surface area contributed by atoms with Crippen LogP contribution in [0.2, 0.25) is 0 Å². The third-order valence-electron chi connectivity index (χ3n) is 5.99. The van der Waals surface area contributed by atoms with Crippen LogP contribution in [0.25, 0.3) is 0 Å². The Morgan fingerprint density at radius 2 is 2.03 bits per heavy atom. The van der Waals surface area contributed by atoms with Crippen LogP contribution in [0.15, 0.2) is 52.1 Å². The summed E-state index contributed by atoms with van der Waals surface area (Å²) in [6, 6.07) is 12.5. The maximum Gasteiger partial charge on any atom is 0.191 e. The average Bonchev–Trinajstić information content (AvgIpc) is 3.52. The van der Waals surface area contributed by atoms with Gasteiger partial charge in [-0.05, 0) is 30.7 Å². The van der Waals surface area contributed by atoms with Crippen LogP contribution in [0.3, 0.4) is 0 Å². The number of nitrogens with zero attached hydrogens (tertiary/aromatic N) is 3. The van der Waals surface area contributed by atoms with Gasteiger partial charge in [0.1, 0.15) is 11.5 Å².